The van der Waals surface area contributed by atoms with E-state index in [2.05, 4.69) is 4.98 Å². The van der Waals surface area contributed by atoms with Crippen LogP contribution in [0.25, 0.3) is 11.1 Å². The molecule has 5 heteroatoms. The van der Waals surface area contributed by atoms with Crippen molar-refractivity contribution >= 4 is 11.6 Å². The molecule has 0 fully saturated rings. The van der Waals surface area contributed by atoms with Crippen LogP contribution in [0, 0.1) is 5.82 Å². The number of hydrogen-bond donors (Lipinski definition) is 1. The summed E-state index contributed by atoms with van der Waals surface area (Å²) in [4.78, 5) is 17.6. The van der Waals surface area contributed by atoms with E-state index in [1.54, 1.807) is 25.5 Å². The van der Waals surface area contributed by atoms with Gasteiger partial charge in [0, 0.05) is 43.5 Å². The number of halogens is 1. The van der Waals surface area contributed by atoms with Crippen LogP contribution in [-0.4, -0.2) is 17.9 Å². The van der Waals surface area contributed by atoms with E-state index in [0.29, 0.717) is 36.2 Å². The van der Waals surface area contributed by atoms with Crippen LogP contribution in [0.3, 0.4) is 0 Å². The van der Waals surface area contributed by atoms with Gasteiger partial charge in [-0.2, -0.15) is 0 Å². The Bertz CT molecular complexity index is 715. The highest BCUT2D eigenvalue weighted by molar-refractivity contribution is 6.00. The highest BCUT2D eigenvalue weighted by Gasteiger charge is 2.26. The summed E-state index contributed by atoms with van der Waals surface area (Å²) < 4.78 is 14.4. The highest BCUT2D eigenvalue weighted by atomic mass is 19.1. The number of amides is 1. The van der Waals surface area contributed by atoms with Gasteiger partial charge in [-0.3, -0.25) is 9.78 Å². The largest absolute Gasteiger partial charge is 0.326 e. The van der Waals surface area contributed by atoms with E-state index in [1.165, 1.54) is 11.0 Å². The van der Waals surface area contributed by atoms with Crippen molar-refractivity contribution in [2.24, 2.45) is 5.73 Å². The summed E-state index contributed by atoms with van der Waals surface area (Å²) in [5, 5.41) is 0. The van der Waals surface area contributed by atoms with Crippen LogP contribution in [0.4, 0.5) is 10.1 Å². The number of pyridine rings is 1. The van der Waals surface area contributed by atoms with Gasteiger partial charge in [-0.1, -0.05) is 6.07 Å². The lowest BCUT2D eigenvalue weighted by molar-refractivity contribution is -0.118. The predicted molar refractivity (Wildman–Crippen MR) is 79.3 cm³/mol. The monoisotopic (exact) mass is 285 g/mol. The third-order valence-electron chi connectivity index (χ3n) is 3.85. The molecular weight excluding hydrogens is 269 g/mol. The number of nitrogens with zero attached hydrogens (tertiary/aromatic N) is 2. The summed E-state index contributed by atoms with van der Waals surface area (Å²) in [7, 11) is 1.68. The quantitative estimate of drug-likeness (QED) is 0.920. The Hall–Kier alpha value is -2.27. The van der Waals surface area contributed by atoms with Crippen molar-refractivity contribution in [3.05, 3.63) is 47.5 Å². The maximum Gasteiger partial charge on any atom is 0.227 e. The lowest BCUT2D eigenvalue weighted by Crippen LogP contribution is -2.31. The molecule has 108 valence electrons. The number of fused-ring (bicyclic) bond motifs is 1. The molecule has 21 heavy (non-hydrogen) atoms. The first kappa shape index (κ1) is 13.7. The Kier molecular flexibility index (Phi) is 3.43. The van der Waals surface area contributed by atoms with Gasteiger partial charge in [-0.05, 0) is 29.7 Å². The number of hydrogen-bond acceptors (Lipinski definition) is 3. The number of carbonyl (C=O) groups excluding carboxylic acids is 1. The molecule has 2 N–H and O–H groups in total. The molecule has 0 spiro atoms. The summed E-state index contributed by atoms with van der Waals surface area (Å²) >= 11 is 0. The van der Waals surface area contributed by atoms with E-state index in [9.17, 15) is 9.18 Å². The Labute approximate surface area is 122 Å². The summed E-state index contributed by atoms with van der Waals surface area (Å²) in [5.41, 5.74) is 9.14. The smallest absolute Gasteiger partial charge is 0.227 e. The van der Waals surface area contributed by atoms with E-state index in [0.717, 1.165) is 11.1 Å². The molecule has 3 rings (SSSR count). The fourth-order valence-electron chi connectivity index (χ4n) is 2.74. The van der Waals surface area contributed by atoms with Crippen LogP contribution < -0.4 is 10.6 Å². The average Bonchev–Trinajstić information content (AvgIpc) is 2.51. The molecule has 2 heterocycles. The number of anilines is 1. The van der Waals surface area contributed by atoms with Crippen molar-refractivity contribution < 1.29 is 9.18 Å². The number of nitrogens with two attached hydrogens (primary N) is 1. The minimum absolute atomic E-state index is 0.00251. The van der Waals surface area contributed by atoms with E-state index in [1.807, 2.05) is 6.07 Å². The first-order valence-electron chi connectivity index (χ1n) is 6.84. The fraction of sp³-hybridized carbons (Fsp3) is 0.250. The van der Waals surface area contributed by atoms with Crippen LogP contribution in [0.5, 0.6) is 0 Å². The third kappa shape index (κ3) is 2.29. The van der Waals surface area contributed by atoms with Gasteiger partial charge in [-0.15, -0.1) is 0 Å². The topological polar surface area (TPSA) is 59.2 Å². The molecule has 0 saturated carbocycles. The Morgan fingerprint density at radius 3 is 2.90 bits per heavy atom. The molecule has 1 aliphatic rings. The Morgan fingerprint density at radius 2 is 2.14 bits per heavy atom. The molecule has 0 atom stereocenters. The second-order valence-electron chi connectivity index (χ2n) is 5.17. The molecule has 0 bridgehead atoms. The molecule has 2 aromatic rings. The first-order valence-corrected chi connectivity index (χ1v) is 6.84. The van der Waals surface area contributed by atoms with E-state index >= 15 is 0 Å². The third-order valence-corrected chi connectivity index (χ3v) is 3.85. The lowest BCUT2D eigenvalue weighted by Gasteiger charge is -2.28. The summed E-state index contributed by atoms with van der Waals surface area (Å²) in [6, 6.07) is 5.02. The maximum absolute atomic E-state index is 14.4. The fourth-order valence-corrected chi connectivity index (χ4v) is 2.74. The van der Waals surface area contributed by atoms with Crippen LogP contribution in [0.15, 0.2) is 30.6 Å². The van der Waals surface area contributed by atoms with E-state index < -0.39 is 0 Å². The molecule has 0 aliphatic carbocycles. The summed E-state index contributed by atoms with van der Waals surface area (Å²) in [6.45, 7) is 0.340. The van der Waals surface area contributed by atoms with Crippen LogP contribution >= 0.6 is 0 Å². The number of aryl methyl sites for hydroxylation is 1. The highest BCUT2D eigenvalue weighted by Crippen LogP contribution is 2.38. The van der Waals surface area contributed by atoms with Gasteiger partial charge in [0.2, 0.25) is 5.91 Å². The number of carbonyl (C=O) groups is 1. The van der Waals surface area contributed by atoms with E-state index in [-0.39, 0.29) is 11.7 Å². The standard InChI is InChI=1S/C16H16FN3O/c1-20-14(21)5-3-11-2-4-13(17)15(16(11)20)12-6-10(7-18)8-19-9-12/h2,4,6,8-9H,3,5,7,18H2,1H3. The van der Waals surface area contributed by atoms with Crippen molar-refractivity contribution in [3.8, 4) is 11.1 Å². The molecule has 0 unspecified atom stereocenters. The van der Waals surface area contributed by atoms with Gasteiger partial charge >= 0.3 is 0 Å². The molecule has 1 aromatic heterocycles. The molecule has 1 aliphatic heterocycles. The SMILES string of the molecule is CN1C(=O)CCc2ccc(F)c(-c3cncc(CN)c3)c21. The first-order chi connectivity index (χ1) is 10.1. The Morgan fingerprint density at radius 1 is 1.33 bits per heavy atom. The van der Waals surface area contributed by atoms with Crippen molar-refractivity contribution in [2.45, 2.75) is 19.4 Å². The van der Waals surface area contributed by atoms with Gasteiger partial charge in [0.05, 0.1) is 5.69 Å². The zero-order valence-corrected chi connectivity index (χ0v) is 11.8. The molecule has 0 saturated heterocycles. The van der Waals surface area contributed by atoms with Gasteiger partial charge in [-0.25, -0.2) is 4.39 Å². The second-order valence-corrected chi connectivity index (χ2v) is 5.17. The minimum atomic E-state index is -0.355. The predicted octanol–water partition coefficient (Wildman–Crippen LogP) is 2.26. The molecule has 1 aromatic carbocycles. The van der Waals surface area contributed by atoms with Crippen molar-refractivity contribution in [1.29, 1.82) is 0 Å². The number of benzene rings is 1. The van der Waals surface area contributed by atoms with Crippen molar-refractivity contribution in [1.82, 2.24) is 4.98 Å². The zero-order valence-electron chi connectivity index (χ0n) is 11.8. The van der Waals surface area contributed by atoms with Crippen molar-refractivity contribution in [3.63, 3.8) is 0 Å². The lowest BCUT2D eigenvalue weighted by atomic mass is 9.93. The minimum Gasteiger partial charge on any atom is -0.326 e. The second kappa shape index (κ2) is 5.26. The molecule has 4 nitrogen and oxygen atoms in total. The molecular formula is C16H16FN3O. The summed E-state index contributed by atoms with van der Waals surface area (Å²) in [5.74, 6) is -0.358. The van der Waals surface area contributed by atoms with Crippen molar-refractivity contribution in [2.75, 3.05) is 11.9 Å². The van der Waals surface area contributed by atoms with Crippen LogP contribution in [-0.2, 0) is 17.8 Å². The zero-order chi connectivity index (χ0) is 15.0. The normalized spacial score (nSPS) is 14.2. The van der Waals surface area contributed by atoms with E-state index in [4.69, 9.17) is 5.73 Å². The average molecular weight is 285 g/mol. The molecule has 0 radical (unpaired) electrons. The van der Waals surface area contributed by atoms with Crippen LogP contribution in [0.2, 0.25) is 0 Å². The Balaban J connectivity index is 2.24. The number of rotatable bonds is 2. The van der Waals surface area contributed by atoms with Gasteiger partial charge in [0.15, 0.2) is 0 Å². The van der Waals surface area contributed by atoms with Crippen LogP contribution in [0.1, 0.15) is 17.5 Å². The summed E-state index contributed by atoms with van der Waals surface area (Å²) in [6.07, 6.45) is 4.35. The number of aromatic nitrogens is 1. The van der Waals surface area contributed by atoms with Gasteiger partial charge < -0.3 is 10.6 Å². The van der Waals surface area contributed by atoms with Gasteiger partial charge in [0.1, 0.15) is 5.82 Å². The molecule has 1 amide bonds. The van der Waals surface area contributed by atoms with Gasteiger partial charge in [0.25, 0.3) is 0 Å². The maximum atomic E-state index is 14.4.